The van der Waals surface area contributed by atoms with Gasteiger partial charge >= 0.3 is 5.97 Å². The van der Waals surface area contributed by atoms with Gasteiger partial charge in [-0.2, -0.15) is 0 Å². The van der Waals surface area contributed by atoms with Gasteiger partial charge < -0.3 is 24.5 Å². The number of nitrogens with one attached hydrogen (secondary N) is 1. The molecule has 13 heteroatoms. The zero-order valence-electron chi connectivity index (χ0n) is 24.0. The number of amides is 1. The molecule has 0 fully saturated rings. The Morgan fingerprint density at radius 2 is 1.39 bits per heavy atom. The Kier molecular flexibility index (Phi) is 13.8. The lowest BCUT2D eigenvalue weighted by Crippen LogP contribution is -2.36. The van der Waals surface area contributed by atoms with Gasteiger partial charge in [0.05, 0.1) is 12.7 Å². The summed E-state index contributed by atoms with van der Waals surface area (Å²) in [6, 6.07) is 8.48. The maximum atomic E-state index is 12.5. The van der Waals surface area contributed by atoms with E-state index < -0.39 is 5.97 Å². The van der Waals surface area contributed by atoms with Crippen molar-refractivity contribution in [3.8, 4) is 0 Å². The van der Waals surface area contributed by atoms with Crippen molar-refractivity contribution < 1.29 is 14.7 Å². The molecular formula is C28H36Br2N8O3. The molecule has 2 N–H and O–H groups in total. The second kappa shape index (κ2) is 16.7. The third-order valence-corrected chi connectivity index (χ3v) is 6.25. The molecule has 0 saturated carbocycles. The summed E-state index contributed by atoms with van der Waals surface area (Å²) in [4.78, 5) is 40.3. The smallest absolute Gasteiger partial charge is 0.356 e. The molecule has 0 aliphatic heterocycles. The number of aromatic nitrogens is 6. The Bertz CT molecular complexity index is 1400. The van der Waals surface area contributed by atoms with E-state index in [1.807, 2.05) is 45.2 Å². The molecule has 1 amide bonds. The molecule has 0 saturated heterocycles. The van der Waals surface area contributed by atoms with Crippen molar-refractivity contribution in [2.24, 2.45) is 14.1 Å². The van der Waals surface area contributed by atoms with E-state index in [9.17, 15) is 9.59 Å². The number of hydrogen-bond donors (Lipinski definition) is 2. The van der Waals surface area contributed by atoms with E-state index in [0.29, 0.717) is 18.3 Å². The van der Waals surface area contributed by atoms with Crippen LogP contribution in [0.1, 0.15) is 59.8 Å². The summed E-state index contributed by atoms with van der Waals surface area (Å²) in [7, 11) is 3.57. The molecule has 11 nitrogen and oxygen atoms in total. The SMILES string of the molecule is CC(C)N(Cc1ccnc(Br)c1)C(=O)c1cn(C)cn1.CC(C)NCc1ccnc(Br)c1.Cn1cnc(C(=O)O)c1. The van der Waals surface area contributed by atoms with E-state index in [1.165, 1.54) is 18.1 Å². The first-order chi connectivity index (χ1) is 19.3. The highest BCUT2D eigenvalue weighted by molar-refractivity contribution is 9.10. The van der Waals surface area contributed by atoms with E-state index in [2.05, 4.69) is 71.0 Å². The van der Waals surface area contributed by atoms with Crippen LogP contribution in [-0.4, -0.2) is 63.0 Å². The molecular weight excluding hydrogens is 656 g/mol. The lowest BCUT2D eigenvalue weighted by Gasteiger charge is -2.26. The molecule has 0 unspecified atom stereocenters. The zero-order chi connectivity index (χ0) is 30.5. The topological polar surface area (TPSA) is 131 Å². The number of hydrogen-bond acceptors (Lipinski definition) is 7. The lowest BCUT2D eigenvalue weighted by atomic mass is 10.2. The summed E-state index contributed by atoms with van der Waals surface area (Å²) in [5, 5.41) is 11.7. The molecule has 0 radical (unpaired) electrons. The maximum Gasteiger partial charge on any atom is 0.356 e. The molecule has 220 valence electrons. The van der Waals surface area contributed by atoms with Crippen LogP contribution >= 0.6 is 31.9 Å². The number of aromatic carboxylic acids is 1. The van der Waals surface area contributed by atoms with Crippen LogP contribution < -0.4 is 5.32 Å². The molecule has 4 rings (SSSR count). The number of carbonyl (C=O) groups is 2. The first kappa shape index (κ1) is 33.8. The van der Waals surface area contributed by atoms with Crippen LogP contribution in [0.2, 0.25) is 0 Å². The lowest BCUT2D eigenvalue weighted by molar-refractivity contribution is 0.0678. The summed E-state index contributed by atoms with van der Waals surface area (Å²) in [6.07, 6.45) is 9.80. The van der Waals surface area contributed by atoms with Crippen LogP contribution in [0, 0.1) is 0 Å². The minimum Gasteiger partial charge on any atom is -0.476 e. The molecule has 41 heavy (non-hydrogen) atoms. The van der Waals surface area contributed by atoms with E-state index in [0.717, 1.165) is 21.3 Å². The molecule has 0 atom stereocenters. The van der Waals surface area contributed by atoms with Gasteiger partial charge in [-0.25, -0.2) is 24.7 Å². The van der Waals surface area contributed by atoms with Gasteiger partial charge in [0.15, 0.2) is 5.69 Å². The molecule has 4 aromatic heterocycles. The highest BCUT2D eigenvalue weighted by Gasteiger charge is 2.21. The summed E-state index contributed by atoms with van der Waals surface area (Å²) in [6.45, 7) is 9.70. The van der Waals surface area contributed by atoms with Crippen molar-refractivity contribution >= 4 is 43.7 Å². The number of nitrogens with zero attached hydrogens (tertiary/aromatic N) is 7. The van der Waals surface area contributed by atoms with Crippen LogP contribution in [0.3, 0.4) is 0 Å². The summed E-state index contributed by atoms with van der Waals surface area (Å²) < 4.78 is 5.02. The Balaban J connectivity index is 0.000000237. The molecule has 0 aliphatic carbocycles. The van der Waals surface area contributed by atoms with Crippen molar-refractivity contribution in [3.63, 3.8) is 0 Å². The minimum atomic E-state index is -0.990. The zero-order valence-corrected chi connectivity index (χ0v) is 27.2. The summed E-state index contributed by atoms with van der Waals surface area (Å²) in [5.41, 5.74) is 2.84. The number of rotatable bonds is 8. The quantitative estimate of drug-likeness (QED) is 0.245. The second-order valence-corrected chi connectivity index (χ2v) is 11.3. The fourth-order valence-corrected chi connectivity index (χ4v) is 4.12. The Morgan fingerprint density at radius 3 is 1.80 bits per heavy atom. The Labute approximate surface area is 257 Å². The van der Waals surface area contributed by atoms with Gasteiger partial charge in [0.2, 0.25) is 0 Å². The van der Waals surface area contributed by atoms with E-state index in [1.54, 1.807) is 46.0 Å². The number of aryl methyl sites for hydroxylation is 2. The number of imidazole rings is 2. The number of pyridine rings is 2. The Morgan fingerprint density at radius 1 is 0.878 bits per heavy atom. The normalized spacial score (nSPS) is 10.5. The molecule has 0 aromatic carbocycles. The fourth-order valence-electron chi connectivity index (χ4n) is 3.29. The fraction of sp³-hybridized carbons (Fsp3) is 0.357. The van der Waals surface area contributed by atoms with Crippen molar-refractivity contribution in [1.82, 2.24) is 39.3 Å². The van der Waals surface area contributed by atoms with Crippen LogP contribution in [0.4, 0.5) is 0 Å². The van der Waals surface area contributed by atoms with Gasteiger partial charge in [0, 0.05) is 64.1 Å². The average Bonchev–Trinajstić information content (AvgIpc) is 3.55. The molecule has 4 aromatic rings. The van der Waals surface area contributed by atoms with Gasteiger partial charge in [0.25, 0.3) is 5.91 Å². The third-order valence-electron chi connectivity index (χ3n) is 5.38. The molecule has 0 aliphatic rings. The van der Waals surface area contributed by atoms with Gasteiger partial charge in [0.1, 0.15) is 14.9 Å². The largest absolute Gasteiger partial charge is 0.476 e. The van der Waals surface area contributed by atoms with Crippen LogP contribution in [0.5, 0.6) is 0 Å². The monoisotopic (exact) mass is 690 g/mol. The van der Waals surface area contributed by atoms with Crippen LogP contribution in [-0.2, 0) is 27.2 Å². The number of carboxylic acid groups (broad SMARTS) is 1. The minimum absolute atomic E-state index is 0.0615. The van der Waals surface area contributed by atoms with Crippen LogP contribution in [0.25, 0.3) is 0 Å². The molecule has 4 heterocycles. The van der Waals surface area contributed by atoms with Crippen molar-refractivity contribution in [2.45, 2.75) is 52.9 Å². The summed E-state index contributed by atoms with van der Waals surface area (Å²) in [5.74, 6) is -1.05. The second-order valence-electron chi connectivity index (χ2n) is 9.69. The first-order valence-electron chi connectivity index (χ1n) is 12.8. The highest BCUT2D eigenvalue weighted by Crippen LogP contribution is 2.15. The number of carbonyl (C=O) groups excluding carboxylic acids is 1. The standard InChI is InChI=1S/C14H17BrN4O.C9H13BrN2.C5H6N2O2/c1-10(2)19(7-11-4-5-16-13(15)6-11)14(20)12-8-18(3)9-17-12;1-7(2)12-6-8-3-4-11-9(10)5-8;1-7-2-4(5(8)9)6-3-7/h4-6,8-10H,7H2,1-3H3;3-5,7,12H,6H2,1-2H3;2-3H,1H3,(H,8,9). The van der Waals surface area contributed by atoms with Gasteiger partial charge in [-0.1, -0.05) is 13.8 Å². The average molecular weight is 692 g/mol. The van der Waals surface area contributed by atoms with Crippen molar-refractivity contribution in [3.05, 3.63) is 93.4 Å². The van der Waals surface area contributed by atoms with E-state index >= 15 is 0 Å². The maximum absolute atomic E-state index is 12.5. The first-order valence-corrected chi connectivity index (χ1v) is 14.4. The predicted molar refractivity (Wildman–Crippen MR) is 164 cm³/mol. The van der Waals surface area contributed by atoms with Gasteiger partial charge in [-0.3, -0.25) is 4.79 Å². The van der Waals surface area contributed by atoms with E-state index in [4.69, 9.17) is 5.11 Å². The van der Waals surface area contributed by atoms with Crippen molar-refractivity contribution in [1.29, 1.82) is 0 Å². The van der Waals surface area contributed by atoms with Crippen LogP contribution in [0.15, 0.2) is 70.9 Å². The molecule has 0 bridgehead atoms. The number of halogens is 2. The molecule has 0 spiro atoms. The number of carboxylic acids is 1. The predicted octanol–water partition coefficient (Wildman–Crippen LogP) is 5.09. The Hall–Kier alpha value is -3.42. The van der Waals surface area contributed by atoms with Gasteiger partial charge in [-0.05, 0) is 81.1 Å². The van der Waals surface area contributed by atoms with Gasteiger partial charge in [-0.15, -0.1) is 0 Å². The van der Waals surface area contributed by atoms with Crippen molar-refractivity contribution in [2.75, 3.05) is 0 Å². The van der Waals surface area contributed by atoms with E-state index in [-0.39, 0.29) is 17.6 Å². The highest BCUT2D eigenvalue weighted by atomic mass is 79.9. The summed E-state index contributed by atoms with van der Waals surface area (Å²) >= 11 is 6.67. The third kappa shape index (κ3) is 12.3.